The topological polar surface area (TPSA) is 151 Å². The lowest BCUT2D eigenvalue weighted by atomic mass is 9.96. The van der Waals surface area contributed by atoms with Crippen LogP contribution in [0.25, 0.3) is 11.4 Å². The molecule has 2 saturated heterocycles. The number of carbonyl (C=O) groups excluding carboxylic acids is 1. The number of aromatic nitrogens is 4. The number of H-pyrrole nitrogens is 1. The van der Waals surface area contributed by atoms with Gasteiger partial charge in [-0.1, -0.05) is 6.07 Å². The zero-order valence-corrected chi connectivity index (χ0v) is 19.9. The number of nitrogens with one attached hydrogen (secondary N) is 2. The molecule has 1 amide bonds. The van der Waals surface area contributed by atoms with Crippen molar-refractivity contribution in [1.82, 2.24) is 19.9 Å². The quantitative estimate of drug-likeness (QED) is 0.401. The van der Waals surface area contributed by atoms with Crippen LogP contribution in [0.15, 0.2) is 30.5 Å². The fourth-order valence-corrected chi connectivity index (χ4v) is 4.62. The molecule has 0 bridgehead atoms. The highest BCUT2D eigenvalue weighted by molar-refractivity contribution is 6.04. The molecule has 0 atom stereocenters. The van der Waals surface area contributed by atoms with Crippen molar-refractivity contribution in [3.05, 3.63) is 42.1 Å². The van der Waals surface area contributed by atoms with E-state index in [1.807, 2.05) is 4.90 Å². The van der Waals surface area contributed by atoms with E-state index in [1.54, 1.807) is 24.4 Å². The van der Waals surface area contributed by atoms with Crippen LogP contribution in [0.3, 0.4) is 0 Å². The molecule has 2 fully saturated rings. The van der Waals surface area contributed by atoms with Gasteiger partial charge in [0.05, 0.1) is 30.3 Å². The molecule has 11 nitrogen and oxygen atoms in total. The maximum Gasteiger partial charge on any atom is 0.291 e. The molecule has 0 spiro atoms. The van der Waals surface area contributed by atoms with Gasteiger partial charge < -0.3 is 36.3 Å². The van der Waals surface area contributed by atoms with Crippen LogP contribution in [0.4, 0.5) is 27.5 Å². The minimum atomic E-state index is -0.486. The van der Waals surface area contributed by atoms with E-state index in [9.17, 15) is 9.18 Å². The van der Waals surface area contributed by atoms with Gasteiger partial charge in [-0.3, -0.25) is 4.79 Å². The van der Waals surface area contributed by atoms with E-state index in [0.717, 1.165) is 12.8 Å². The van der Waals surface area contributed by atoms with Crippen molar-refractivity contribution in [2.75, 3.05) is 66.8 Å². The fraction of sp³-hybridized carbons (Fsp3) is 0.417. The zero-order chi connectivity index (χ0) is 25.1. The summed E-state index contributed by atoms with van der Waals surface area (Å²) in [6, 6.07) is 6.45. The monoisotopic (exact) mass is 495 g/mol. The number of ether oxygens (including phenoxy) is 1. The van der Waals surface area contributed by atoms with Crippen LogP contribution in [0.5, 0.6) is 0 Å². The molecule has 12 heteroatoms. The minimum Gasteiger partial charge on any atom is -0.378 e. The number of aromatic amines is 1. The lowest BCUT2D eigenvalue weighted by Crippen LogP contribution is -2.37. The molecular weight excluding hydrogens is 465 g/mol. The van der Waals surface area contributed by atoms with Crippen molar-refractivity contribution in [2.24, 2.45) is 11.7 Å². The number of carbonyl (C=O) groups is 1. The van der Waals surface area contributed by atoms with Gasteiger partial charge in [-0.15, -0.1) is 0 Å². The van der Waals surface area contributed by atoms with E-state index in [2.05, 4.69) is 30.2 Å². The van der Waals surface area contributed by atoms with Crippen LogP contribution < -0.4 is 26.6 Å². The molecular formula is C24H30FN9O2. The Morgan fingerprint density at radius 2 is 1.89 bits per heavy atom. The lowest BCUT2D eigenvalue weighted by molar-refractivity contribution is 0.101. The number of halogens is 1. The number of piperidine rings is 1. The second kappa shape index (κ2) is 10.5. The van der Waals surface area contributed by atoms with Gasteiger partial charge in [0.15, 0.2) is 5.82 Å². The van der Waals surface area contributed by atoms with E-state index >= 15 is 0 Å². The average molecular weight is 496 g/mol. The highest BCUT2D eigenvalue weighted by Crippen LogP contribution is 2.33. The molecule has 2 aliphatic rings. The van der Waals surface area contributed by atoms with Crippen LogP contribution >= 0.6 is 0 Å². The Labute approximate surface area is 208 Å². The maximum atomic E-state index is 14.8. The Bertz CT molecular complexity index is 1220. The Morgan fingerprint density at radius 3 is 2.64 bits per heavy atom. The van der Waals surface area contributed by atoms with Gasteiger partial charge in [0.25, 0.3) is 5.91 Å². The van der Waals surface area contributed by atoms with Crippen molar-refractivity contribution < 1.29 is 13.9 Å². The molecule has 0 saturated carbocycles. The first-order chi connectivity index (χ1) is 17.5. The van der Waals surface area contributed by atoms with Gasteiger partial charge in [0.1, 0.15) is 17.3 Å². The number of nitrogens with zero attached hydrogens (tertiary/aromatic N) is 5. The molecule has 2 aromatic heterocycles. The third-order valence-electron chi connectivity index (χ3n) is 6.62. The van der Waals surface area contributed by atoms with Crippen LogP contribution in [-0.4, -0.2) is 71.8 Å². The Kier molecular flexibility index (Phi) is 6.96. The number of anilines is 4. The molecule has 0 aliphatic carbocycles. The Hall–Kier alpha value is -3.77. The van der Waals surface area contributed by atoms with Crippen LogP contribution in [-0.2, 0) is 4.74 Å². The number of imidazole rings is 1. The standard InChI is InChI=1S/C24H30FN9O2/c25-16-2-1-3-17(21(16)34-6-4-15(13-26)5-7-34)30-23(35)22-28-14-19(29-22)18-12-20(32-24(27)31-18)33-8-10-36-11-9-33/h1-3,12,14-15H,4-11,13,26H2,(H,28,29)(H,30,35)(H2,27,31,32). The summed E-state index contributed by atoms with van der Waals surface area (Å²) >= 11 is 0. The highest BCUT2D eigenvalue weighted by Gasteiger charge is 2.24. The maximum absolute atomic E-state index is 14.8. The van der Waals surface area contributed by atoms with Crippen molar-refractivity contribution in [3.63, 3.8) is 0 Å². The summed E-state index contributed by atoms with van der Waals surface area (Å²) in [5.74, 6) is 0.439. The summed E-state index contributed by atoms with van der Waals surface area (Å²) in [4.78, 5) is 33.0. The van der Waals surface area contributed by atoms with Gasteiger partial charge >= 0.3 is 0 Å². The van der Waals surface area contributed by atoms with Crippen molar-refractivity contribution >= 4 is 29.0 Å². The van der Waals surface area contributed by atoms with Crippen molar-refractivity contribution in [2.45, 2.75) is 12.8 Å². The minimum absolute atomic E-state index is 0.0761. The number of morpholine rings is 1. The molecule has 5 rings (SSSR count). The highest BCUT2D eigenvalue weighted by atomic mass is 19.1. The van der Waals surface area contributed by atoms with E-state index in [1.165, 1.54) is 6.07 Å². The molecule has 190 valence electrons. The Morgan fingerprint density at radius 1 is 1.11 bits per heavy atom. The molecule has 2 aliphatic heterocycles. The number of nitrogen functional groups attached to an aromatic ring is 1. The normalized spacial score (nSPS) is 16.8. The summed E-state index contributed by atoms with van der Waals surface area (Å²) in [6.45, 7) is 4.60. The SMILES string of the molecule is NCC1CCN(c2c(F)cccc2NC(=O)c2nc(-c3cc(N4CCOCC4)nc(N)n3)c[nH]2)CC1. The first-order valence-corrected chi connectivity index (χ1v) is 12.1. The van der Waals surface area contributed by atoms with E-state index in [-0.39, 0.29) is 17.6 Å². The molecule has 3 aromatic rings. The summed E-state index contributed by atoms with van der Waals surface area (Å²) < 4.78 is 20.2. The zero-order valence-electron chi connectivity index (χ0n) is 19.9. The van der Waals surface area contributed by atoms with Crippen molar-refractivity contribution in [1.29, 1.82) is 0 Å². The largest absolute Gasteiger partial charge is 0.378 e. The van der Waals surface area contributed by atoms with E-state index < -0.39 is 5.91 Å². The fourth-order valence-electron chi connectivity index (χ4n) is 4.62. The van der Waals surface area contributed by atoms with E-state index in [0.29, 0.717) is 80.4 Å². The summed E-state index contributed by atoms with van der Waals surface area (Å²) in [5.41, 5.74) is 13.5. The van der Waals surface area contributed by atoms with E-state index in [4.69, 9.17) is 16.2 Å². The number of rotatable bonds is 6. The van der Waals surface area contributed by atoms with Crippen molar-refractivity contribution in [3.8, 4) is 11.4 Å². The number of hydrogen-bond acceptors (Lipinski definition) is 9. The molecule has 36 heavy (non-hydrogen) atoms. The Balaban J connectivity index is 1.34. The van der Waals surface area contributed by atoms with Gasteiger partial charge in [-0.25, -0.2) is 14.4 Å². The second-order valence-electron chi connectivity index (χ2n) is 8.96. The predicted molar refractivity (Wildman–Crippen MR) is 135 cm³/mol. The molecule has 0 radical (unpaired) electrons. The number of nitrogens with two attached hydrogens (primary N) is 2. The molecule has 0 unspecified atom stereocenters. The number of para-hydroxylation sites is 1. The van der Waals surface area contributed by atoms with Gasteiger partial charge in [-0.2, -0.15) is 4.98 Å². The third-order valence-corrected chi connectivity index (χ3v) is 6.62. The van der Waals surface area contributed by atoms with Gasteiger partial charge in [0.2, 0.25) is 5.95 Å². The summed E-state index contributed by atoms with van der Waals surface area (Å²) in [6.07, 6.45) is 3.35. The number of amides is 1. The first kappa shape index (κ1) is 23.9. The van der Waals surface area contributed by atoms with Gasteiger partial charge in [0, 0.05) is 38.4 Å². The molecule has 4 heterocycles. The third kappa shape index (κ3) is 5.09. The average Bonchev–Trinajstić information content (AvgIpc) is 3.40. The van der Waals surface area contributed by atoms with Crippen LogP contribution in [0, 0.1) is 11.7 Å². The lowest BCUT2D eigenvalue weighted by Gasteiger charge is -2.34. The summed E-state index contributed by atoms with van der Waals surface area (Å²) in [5, 5.41) is 2.81. The second-order valence-corrected chi connectivity index (χ2v) is 8.96. The van der Waals surface area contributed by atoms with Gasteiger partial charge in [-0.05, 0) is 37.4 Å². The smallest absolute Gasteiger partial charge is 0.291 e. The van der Waals surface area contributed by atoms with Crippen LogP contribution in [0.1, 0.15) is 23.5 Å². The predicted octanol–water partition coefficient (Wildman–Crippen LogP) is 1.85. The first-order valence-electron chi connectivity index (χ1n) is 12.1. The van der Waals surface area contributed by atoms with Crippen LogP contribution in [0.2, 0.25) is 0 Å². The molecule has 6 N–H and O–H groups in total. The molecule has 1 aromatic carbocycles. The summed E-state index contributed by atoms with van der Waals surface area (Å²) in [7, 11) is 0. The number of benzene rings is 1. The number of hydrogen-bond donors (Lipinski definition) is 4.